The number of para-hydroxylation sites is 1. The van der Waals surface area contributed by atoms with E-state index >= 15 is 0 Å². The largest absolute Gasteiger partial charge is 0.489 e. The highest BCUT2D eigenvalue weighted by Crippen LogP contribution is 2.42. The second-order valence-electron chi connectivity index (χ2n) is 12.6. The van der Waals surface area contributed by atoms with Crippen molar-refractivity contribution in [2.45, 2.75) is 95.6 Å². The number of rotatable bonds is 10. The van der Waals surface area contributed by atoms with Crippen LogP contribution in [0.15, 0.2) is 53.6 Å². The quantitative estimate of drug-likeness (QED) is 0.230. The summed E-state index contributed by atoms with van der Waals surface area (Å²) in [6.07, 6.45) is 8.84. The number of aryl methyl sites for hydroxylation is 1. The van der Waals surface area contributed by atoms with Crippen molar-refractivity contribution in [3.63, 3.8) is 0 Å². The molecule has 44 heavy (non-hydrogen) atoms. The Bertz CT molecular complexity index is 1650. The van der Waals surface area contributed by atoms with Gasteiger partial charge in [-0.25, -0.2) is 13.4 Å². The van der Waals surface area contributed by atoms with Gasteiger partial charge in [0.1, 0.15) is 10.8 Å². The molecule has 0 spiro atoms. The fraction of sp³-hybridized carbons (Fsp3) is 0.471. The van der Waals surface area contributed by atoms with Gasteiger partial charge in [0.2, 0.25) is 5.95 Å². The Balaban J connectivity index is 1.46. The molecule has 236 valence electrons. The molecule has 2 heterocycles. The number of anilines is 4. The van der Waals surface area contributed by atoms with Crippen LogP contribution in [-0.2, 0) is 9.84 Å². The lowest BCUT2D eigenvalue weighted by molar-refractivity contribution is 0.0999. The van der Waals surface area contributed by atoms with E-state index in [1.54, 1.807) is 38.1 Å². The van der Waals surface area contributed by atoms with Gasteiger partial charge < -0.3 is 15.4 Å². The predicted molar refractivity (Wildman–Crippen MR) is 180 cm³/mol. The zero-order chi connectivity index (χ0) is 31.8. The number of benzene rings is 2. The molecule has 0 unspecified atom stereocenters. The van der Waals surface area contributed by atoms with Crippen molar-refractivity contribution in [2.24, 2.45) is 5.92 Å². The maximum Gasteiger partial charge on any atom is 0.229 e. The van der Waals surface area contributed by atoms with Crippen molar-refractivity contribution >= 4 is 50.2 Å². The number of likely N-dealkylation sites (N-methyl/N-ethyl adjacent to an activating group) is 1. The fourth-order valence-electron chi connectivity index (χ4n) is 5.99. The molecule has 1 aromatic heterocycles. The molecule has 0 radical (unpaired) electrons. The van der Waals surface area contributed by atoms with Gasteiger partial charge in [0.25, 0.3) is 0 Å². The van der Waals surface area contributed by atoms with E-state index in [2.05, 4.69) is 64.6 Å². The molecular formula is C34H44ClN5O3S. The van der Waals surface area contributed by atoms with Crippen LogP contribution in [0.4, 0.5) is 23.1 Å². The molecule has 1 saturated carbocycles. The van der Waals surface area contributed by atoms with Gasteiger partial charge in [-0.15, -0.1) is 0 Å². The van der Waals surface area contributed by atoms with Crippen LogP contribution >= 0.6 is 11.6 Å². The molecule has 2 aromatic carbocycles. The molecule has 5 rings (SSSR count). The van der Waals surface area contributed by atoms with Crippen LogP contribution in [0.3, 0.4) is 0 Å². The fourth-order valence-corrected chi connectivity index (χ4v) is 7.33. The zero-order valence-corrected chi connectivity index (χ0v) is 28.3. The van der Waals surface area contributed by atoms with Gasteiger partial charge in [0, 0.05) is 12.1 Å². The number of aromatic nitrogens is 2. The van der Waals surface area contributed by atoms with Crippen LogP contribution < -0.4 is 15.4 Å². The molecule has 0 amide bonds. The lowest BCUT2D eigenvalue weighted by atomic mass is 9.74. The summed E-state index contributed by atoms with van der Waals surface area (Å²) in [6.45, 7) is 11.7. The van der Waals surface area contributed by atoms with E-state index in [1.807, 2.05) is 13.8 Å². The highest BCUT2D eigenvalue weighted by molar-refractivity contribution is 7.92. The van der Waals surface area contributed by atoms with Crippen molar-refractivity contribution in [3.05, 3.63) is 64.8 Å². The van der Waals surface area contributed by atoms with Gasteiger partial charge in [0.15, 0.2) is 15.7 Å². The Hall–Kier alpha value is -3.14. The van der Waals surface area contributed by atoms with Crippen LogP contribution in [0.1, 0.15) is 71.4 Å². The third kappa shape index (κ3) is 6.75. The average molecular weight is 638 g/mol. The van der Waals surface area contributed by atoms with E-state index in [9.17, 15) is 8.42 Å². The smallest absolute Gasteiger partial charge is 0.229 e. The number of hydrogen-bond donors (Lipinski definition) is 2. The second kappa shape index (κ2) is 13.1. The Morgan fingerprint density at radius 3 is 2.45 bits per heavy atom. The minimum absolute atomic E-state index is 0.0398. The summed E-state index contributed by atoms with van der Waals surface area (Å²) in [5, 5.41) is 6.15. The SMILES string of the molecule is Cc1cc(Nc2ncc(Cl)c(Nc3ccccc3S(=O)(=O)C(C)C)n2)c(OC(C)C)cc1C1=C[C@@H](C)N(C)[C@@H](C2CCC2)C1. The van der Waals surface area contributed by atoms with Crippen molar-refractivity contribution in [1.82, 2.24) is 14.9 Å². The number of ether oxygens (including phenoxy) is 1. The van der Waals surface area contributed by atoms with E-state index < -0.39 is 15.1 Å². The summed E-state index contributed by atoms with van der Waals surface area (Å²) in [4.78, 5) is 11.8. The Kier molecular flexibility index (Phi) is 9.58. The summed E-state index contributed by atoms with van der Waals surface area (Å²) in [6, 6.07) is 11.9. The number of sulfone groups is 1. The first-order valence-corrected chi connectivity index (χ1v) is 17.4. The lowest BCUT2D eigenvalue weighted by Crippen LogP contribution is -2.47. The zero-order valence-electron chi connectivity index (χ0n) is 26.7. The molecule has 0 saturated heterocycles. The molecule has 0 bridgehead atoms. The van der Waals surface area contributed by atoms with Gasteiger partial charge in [-0.05, 0) is 115 Å². The molecule has 8 nitrogen and oxygen atoms in total. The maximum atomic E-state index is 13.0. The van der Waals surface area contributed by atoms with Gasteiger partial charge >= 0.3 is 0 Å². The minimum Gasteiger partial charge on any atom is -0.489 e. The molecule has 10 heteroatoms. The van der Waals surface area contributed by atoms with E-state index in [0.29, 0.717) is 29.5 Å². The molecule has 2 atom stereocenters. The third-order valence-electron chi connectivity index (χ3n) is 8.82. The molecule has 2 aliphatic rings. The summed E-state index contributed by atoms with van der Waals surface area (Å²) in [5.41, 5.74) is 4.86. The second-order valence-corrected chi connectivity index (χ2v) is 15.5. The van der Waals surface area contributed by atoms with E-state index in [0.717, 1.165) is 29.3 Å². The topological polar surface area (TPSA) is 96.5 Å². The molecule has 2 N–H and O–H groups in total. The molecule has 3 aromatic rings. The van der Waals surface area contributed by atoms with Crippen molar-refractivity contribution < 1.29 is 13.2 Å². The lowest BCUT2D eigenvalue weighted by Gasteiger charge is -2.45. The molecule has 1 fully saturated rings. The van der Waals surface area contributed by atoms with Crippen LogP contribution in [0.25, 0.3) is 5.57 Å². The number of hydrogen-bond acceptors (Lipinski definition) is 8. The van der Waals surface area contributed by atoms with Gasteiger partial charge in [-0.3, -0.25) is 4.90 Å². The average Bonchev–Trinajstić information content (AvgIpc) is 2.93. The highest BCUT2D eigenvalue weighted by atomic mass is 35.5. The van der Waals surface area contributed by atoms with Crippen LogP contribution in [0.5, 0.6) is 5.75 Å². The van der Waals surface area contributed by atoms with Crippen LogP contribution in [-0.4, -0.2) is 53.8 Å². The molecular weight excluding hydrogens is 594 g/mol. The third-order valence-corrected chi connectivity index (χ3v) is 11.3. The van der Waals surface area contributed by atoms with Gasteiger partial charge in [-0.2, -0.15) is 4.98 Å². The van der Waals surface area contributed by atoms with Crippen LogP contribution in [0, 0.1) is 12.8 Å². The first-order valence-electron chi connectivity index (χ1n) is 15.5. The summed E-state index contributed by atoms with van der Waals surface area (Å²) in [7, 11) is -1.28. The van der Waals surface area contributed by atoms with Crippen molar-refractivity contribution in [1.29, 1.82) is 0 Å². The number of halogens is 1. The van der Waals surface area contributed by atoms with E-state index in [4.69, 9.17) is 16.3 Å². The highest BCUT2D eigenvalue weighted by Gasteiger charge is 2.35. The first kappa shape index (κ1) is 32.3. The van der Waals surface area contributed by atoms with E-state index in [1.165, 1.54) is 36.6 Å². The first-order chi connectivity index (χ1) is 20.8. The van der Waals surface area contributed by atoms with E-state index in [-0.39, 0.29) is 16.0 Å². The van der Waals surface area contributed by atoms with Crippen molar-refractivity contribution in [3.8, 4) is 5.75 Å². The standard InChI is InChI=1S/C34H44ClN5O3S/c1-20(2)43-31-18-26(25-16-23(6)40(7)30(17-25)24-11-10-12-24)22(5)15-29(31)38-34-36-19-27(35)33(39-34)37-28-13-8-9-14-32(28)44(41,42)21(3)4/h8-9,13-16,18-21,23-24,30H,10-12,17H2,1-7H3,(H2,36,37,38,39)/t23-,30-/m1/s1. The Morgan fingerprint density at radius 1 is 1.07 bits per heavy atom. The van der Waals surface area contributed by atoms with Gasteiger partial charge in [-0.1, -0.05) is 36.2 Å². The molecule has 1 aliphatic carbocycles. The Morgan fingerprint density at radius 2 is 1.80 bits per heavy atom. The number of nitrogens with one attached hydrogen (secondary N) is 2. The van der Waals surface area contributed by atoms with Crippen LogP contribution in [0.2, 0.25) is 5.02 Å². The van der Waals surface area contributed by atoms with Crippen molar-refractivity contribution in [2.75, 3.05) is 17.7 Å². The summed E-state index contributed by atoms with van der Waals surface area (Å²) < 4.78 is 32.3. The number of nitrogens with zero attached hydrogens (tertiary/aromatic N) is 3. The predicted octanol–water partition coefficient (Wildman–Crippen LogP) is 8.17. The normalized spacial score (nSPS) is 19.5. The summed E-state index contributed by atoms with van der Waals surface area (Å²) >= 11 is 6.48. The Labute approximate surface area is 267 Å². The van der Waals surface area contributed by atoms with Gasteiger partial charge in [0.05, 0.1) is 33.8 Å². The summed E-state index contributed by atoms with van der Waals surface area (Å²) in [5.74, 6) is 2.08. The molecule has 1 aliphatic heterocycles. The monoisotopic (exact) mass is 637 g/mol. The maximum absolute atomic E-state index is 13.0. The minimum atomic E-state index is -3.54.